The van der Waals surface area contributed by atoms with Crippen LogP contribution in [0, 0.1) is 17.6 Å². The summed E-state index contributed by atoms with van der Waals surface area (Å²) in [4.78, 5) is 0. The van der Waals surface area contributed by atoms with Crippen molar-refractivity contribution in [3.63, 3.8) is 0 Å². The Morgan fingerprint density at radius 1 is 1.18 bits per heavy atom. The van der Waals surface area contributed by atoms with Crippen molar-refractivity contribution in [3.05, 3.63) is 29.8 Å². The van der Waals surface area contributed by atoms with Crippen LogP contribution in [0.15, 0.2) is 18.2 Å². The van der Waals surface area contributed by atoms with E-state index in [1.807, 2.05) is 0 Å². The van der Waals surface area contributed by atoms with Crippen LogP contribution in [0.1, 0.15) is 39.0 Å². The summed E-state index contributed by atoms with van der Waals surface area (Å²) in [5, 5.41) is 3.07. The summed E-state index contributed by atoms with van der Waals surface area (Å²) < 4.78 is 27.1. The lowest BCUT2D eigenvalue weighted by molar-refractivity contribution is 0.316. The summed E-state index contributed by atoms with van der Waals surface area (Å²) in [6.45, 7) is 2.14. The van der Waals surface area contributed by atoms with Gasteiger partial charge >= 0.3 is 0 Å². The van der Waals surface area contributed by atoms with Crippen molar-refractivity contribution in [2.24, 2.45) is 5.92 Å². The lowest BCUT2D eigenvalue weighted by atomic mass is 9.83. The quantitative estimate of drug-likeness (QED) is 0.827. The molecule has 1 fully saturated rings. The van der Waals surface area contributed by atoms with Gasteiger partial charge in [0.25, 0.3) is 0 Å². The van der Waals surface area contributed by atoms with Gasteiger partial charge < -0.3 is 5.32 Å². The fourth-order valence-electron chi connectivity index (χ4n) is 2.71. The predicted octanol–water partition coefficient (Wildman–Crippen LogP) is 4.35. The van der Waals surface area contributed by atoms with Crippen LogP contribution in [-0.4, -0.2) is 6.04 Å². The molecule has 0 radical (unpaired) electrons. The smallest absolute Gasteiger partial charge is 0.149 e. The molecule has 1 N–H and O–H groups in total. The van der Waals surface area contributed by atoms with Gasteiger partial charge in [-0.3, -0.25) is 0 Å². The number of halogens is 2. The summed E-state index contributed by atoms with van der Waals surface area (Å²) in [6, 6.07) is 4.21. The number of para-hydroxylation sites is 1. The zero-order valence-corrected chi connectivity index (χ0v) is 10.2. The van der Waals surface area contributed by atoms with Gasteiger partial charge in [0, 0.05) is 6.04 Å². The molecule has 94 valence electrons. The topological polar surface area (TPSA) is 12.0 Å². The molecule has 0 aliphatic heterocycles. The minimum atomic E-state index is -0.495. The zero-order chi connectivity index (χ0) is 12.3. The first-order valence-corrected chi connectivity index (χ1v) is 6.43. The molecule has 0 bridgehead atoms. The van der Waals surface area contributed by atoms with Crippen LogP contribution in [0.4, 0.5) is 14.5 Å². The van der Waals surface area contributed by atoms with Crippen LogP contribution in [0.2, 0.25) is 0 Å². The van der Waals surface area contributed by atoms with E-state index in [-0.39, 0.29) is 11.7 Å². The van der Waals surface area contributed by atoms with E-state index in [1.165, 1.54) is 24.6 Å². The summed E-state index contributed by atoms with van der Waals surface area (Å²) in [7, 11) is 0. The Kier molecular flexibility index (Phi) is 3.97. The van der Waals surface area contributed by atoms with Crippen molar-refractivity contribution < 1.29 is 8.78 Å². The summed E-state index contributed by atoms with van der Waals surface area (Å²) in [5.41, 5.74) is 0.0397. The van der Waals surface area contributed by atoms with Gasteiger partial charge in [-0.05, 0) is 30.9 Å². The predicted molar refractivity (Wildman–Crippen MR) is 66.0 cm³/mol. The number of anilines is 1. The molecule has 2 rings (SSSR count). The summed E-state index contributed by atoms with van der Waals surface area (Å²) in [5.74, 6) is -0.460. The van der Waals surface area contributed by atoms with E-state index in [0.717, 1.165) is 25.7 Å². The maximum Gasteiger partial charge on any atom is 0.149 e. The van der Waals surface area contributed by atoms with Crippen LogP contribution < -0.4 is 5.32 Å². The Hall–Kier alpha value is -1.12. The van der Waals surface area contributed by atoms with Crippen LogP contribution in [-0.2, 0) is 0 Å². The zero-order valence-electron chi connectivity index (χ0n) is 10.2. The SMILES string of the molecule is CCC1CCCCC1Nc1c(F)cccc1F. The second-order valence-electron chi connectivity index (χ2n) is 4.80. The number of hydrogen-bond acceptors (Lipinski definition) is 1. The van der Waals surface area contributed by atoms with Gasteiger partial charge in [-0.15, -0.1) is 0 Å². The molecule has 1 aliphatic carbocycles. The standard InChI is InChI=1S/C14H19F2N/c1-2-10-6-3-4-9-13(10)17-14-11(15)7-5-8-12(14)16/h5,7-8,10,13,17H,2-4,6,9H2,1H3. The Morgan fingerprint density at radius 2 is 1.82 bits per heavy atom. The molecule has 2 atom stereocenters. The molecular formula is C14H19F2N. The lowest BCUT2D eigenvalue weighted by Gasteiger charge is -2.32. The van der Waals surface area contributed by atoms with Crippen molar-refractivity contribution in [2.45, 2.75) is 45.1 Å². The third kappa shape index (κ3) is 2.76. The Morgan fingerprint density at radius 3 is 2.47 bits per heavy atom. The molecular weight excluding hydrogens is 220 g/mol. The highest BCUT2D eigenvalue weighted by Gasteiger charge is 2.25. The molecule has 0 spiro atoms. The minimum absolute atomic E-state index is 0.0397. The highest BCUT2D eigenvalue weighted by molar-refractivity contribution is 5.47. The highest BCUT2D eigenvalue weighted by Crippen LogP contribution is 2.30. The van der Waals surface area contributed by atoms with Crippen LogP contribution >= 0.6 is 0 Å². The van der Waals surface area contributed by atoms with E-state index < -0.39 is 11.6 Å². The molecule has 1 aromatic rings. The lowest BCUT2D eigenvalue weighted by Crippen LogP contribution is -2.32. The minimum Gasteiger partial charge on any atom is -0.377 e. The number of nitrogens with one attached hydrogen (secondary N) is 1. The van der Waals surface area contributed by atoms with Crippen LogP contribution in [0.25, 0.3) is 0 Å². The second kappa shape index (κ2) is 5.48. The van der Waals surface area contributed by atoms with Gasteiger partial charge in [-0.25, -0.2) is 8.78 Å². The molecule has 3 heteroatoms. The average Bonchev–Trinajstić information content (AvgIpc) is 2.34. The molecule has 0 saturated heterocycles. The van der Waals surface area contributed by atoms with E-state index in [0.29, 0.717) is 5.92 Å². The van der Waals surface area contributed by atoms with E-state index in [2.05, 4.69) is 12.2 Å². The average molecular weight is 239 g/mol. The molecule has 1 nitrogen and oxygen atoms in total. The Bertz CT molecular complexity index is 358. The number of hydrogen-bond donors (Lipinski definition) is 1. The molecule has 0 aromatic heterocycles. The largest absolute Gasteiger partial charge is 0.377 e. The van der Waals surface area contributed by atoms with Gasteiger partial charge in [-0.1, -0.05) is 32.3 Å². The fourth-order valence-corrected chi connectivity index (χ4v) is 2.71. The number of rotatable bonds is 3. The molecule has 0 heterocycles. The monoisotopic (exact) mass is 239 g/mol. The highest BCUT2D eigenvalue weighted by atomic mass is 19.1. The Balaban J connectivity index is 2.13. The normalized spacial score (nSPS) is 24.6. The molecule has 0 amide bonds. The molecule has 1 aliphatic rings. The molecule has 1 saturated carbocycles. The van der Waals surface area contributed by atoms with E-state index in [9.17, 15) is 8.78 Å². The first-order chi connectivity index (χ1) is 8.22. The van der Waals surface area contributed by atoms with Gasteiger partial charge in [0.05, 0.1) is 0 Å². The molecule has 1 aromatic carbocycles. The van der Waals surface area contributed by atoms with Crippen molar-refractivity contribution in [1.82, 2.24) is 0 Å². The van der Waals surface area contributed by atoms with Crippen molar-refractivity contribution in [3.8, 4) is 0 Å². The van der Waals surface area contributed by atoms with Crippen LogP contribution in [0.5, 0.6) is 0 Å². The summed E-state index contributed by atoms with van der Waals surface area (Å²) in [6.07, 6.45) is 5.60. The number of benzene rings is 1. The summed E-state index contributed by atoms with van der Waals surface area (Å²) >= 11 is 0. The molecule has 17 heavy (non-hydrogen) atoms. The third-order valence-electron chi connectivity index (χ3n) is 3.73. The Labute approximate surface area is 101 Å². The van der Waals surface area contributed by atoms with Gasteiger partial charge in [-0.2, -0.15) is 0 Å². The first kappa shape index (κ1) is 12.3. The second-order valence-corrected chi connectivity index (χ2v) is 4.80. The maximum absolute atomic E-state index is 13.5. The van der Waals surface area contributed by atoms with E-state index in [4.69, 9.17) is 0 Å². The van der Waals surface area contributed by atoms with Crippen LogP contribution in [0.3, 0.4) is 0 Å². The fraction of sp³-hybridized carbons (Fsp3) is 0.571. The van der Waals surface area contributed by atoms with E-state index in [1.54, 1.807) is 0 Å². The third-order valence-corrected chi connectivity index (χ3v) is 3.73. The molecule has 2 unspecified atom stereocenters. The van der Waals surface area contributed by atoms with Crippen molar-refractivity contribution >= 4 is 5.69 Å². The van der Waals surface area contributed by atoms with Crippen molar-refractivity contribution in [2.75, 3.05) is 5.32 Å². The maximum atomic E-state index is 13.5. The van der Waals surface area contributed by atoms with E-state index >= 15 is 0 Å². The van der Waals surface area contributed by atoms with Gasteiger partial charge in [0.15, 0.2) is 0 Å². The first-order valence-electron chi connectivity index (χ1n) is 6.43. The van der Waals surface area contributed by atoms with Gasteiger partial charge in [0.2, 0.25) is 0 Å². The van der Waals surface area contributed by atoms with Gasteiger partial charge in [0.1, 0.15) is 17.3 Å². The van der Waals surface area contributed by atoms with Crippen molar-refractivity contribution in [1.29, 1.82) is 0 Å².